The van der Waals surface area contributed by atoms with E-state index in [0.717, 1.165) is 19.3 Å². The highest BCUT2D eigenvalue weighted by molar-refractivity contribution is 7.13. The number of aromatic nitrogens is 1. The van der Waals surface area contributed by atoms with Crippen LogP contribution in [0.25, 0.3) is 0 Å². The molecule has 0 unspecified atom stereocenters. The SMILES string of the molecule is COC(=O)Cc1csc(NC(=O)CNC(=O)C23CC4CC(CC(C4)C2)C3)n1. The second-order valence-electron chi connectivity index (χ2n) is 8.33. The monoisotopic (exact) mass is 391 g/mol. The van der Waals surface area contributed by atoms with Crippen LogP contribution < -0.4 is 10.6 Å². The summed E-state index contributed by atoms with van der Waals surface area (Å²) in [4.78, 5) is 40.5. The van der Waals surface area contributed by atoms with Gasteiger partial charge in [-0.2, -0.15) is 0 Å². The largest absolute Gasteiger partial charge is 0.469 e. The molecule has 1 aromatic heterocycles. The van der Waals surface area contributed by atoms with Crippen LogP contribution in [0.5, 0.6) is 0 Å². The zero-order valence-electron chi connectivity index (χ0n) is 15.5. The molecule has 2 amide bonds. The van der Waals surface area contributed by atoms with Gasteiger partial charge in [-0.3, -0.25) is 14.4 Å². The Bertz CT molecular complexity index is 725. The lowest BCUT2D eigenvalue weighted by Crippen LogP contribution is -2.54. The normalized spacial score (nSPS) is 30.8. The van der Waals surface area contributed by atoms with Crippen molar-refractivity contribution in [2.45, 2.75) is 44.9 Å². The van der Waals surface area contributed by atoms with Gasteiger partial charge >= 0.3 is 5.97 Å². The van der Waals surface area contributed by atoms with Crippen molar-refractivity contribution in [2.75, 3.05) is 19.0 Å². The summed E-state index contributed by atoms with van der Waals surface area (Å²) < 4.78 is 4.60. The van der Waals surface area contributed by atoms with Gasteiger partial charge in [-0.25, -0.2) is 4.98 Å². The molecule has 1 heterocycles. The van der Waals surface area contributed by atoms with E-state index in [-0.39, 0.29) is 36.2 Å². The highest BCUT2D eigenvalue weighted by Crippen LogP contribution is 2.60. The van der Waals surface area contributed by atoms with Crippen LogP contribution in [0.2, 0.25) is 0 Å². The molecule has 0 radical (unpaired) electrons. The Balaban J connectivity index is 1.28. The maximum atomic E-state index is 12.9. The maximum absolute atomic E-state index is 12.9. The second-order valence-corrected chi connectivity index (χ2v) is 9.18. The van der Waals surface area contributed by atoms with Gasteiger partial charge in [0.1, 0.15) is 0 Å². The number of carbonyl (C=O) groups is 3. The number of nitrogens with zero attached hydrogens (tertiary/aromatic N) is 1. The molecule has 4 bridgehead atoms. The smallest absolute Gasteiger partial charge is 0.311 e. The number of nitrogens with one attached hydrogen (secondary N) is 2. The predicted octanol–water partition coefficient (Wildman–Crippen LogP) is 2.13. The van der Waals surface area contributed by atoms with E-state index in [1.165, 1.54) is 37.7 Å². The minimum absolute atomic E-state index is 0.0438. The highest BCUT2D eigenvalue weighted by Gasteiger charge is 2.54. The summed E-state index contributed by atoms with van der Waals surface area (Å²) in [6, 6.07) is 0. The number of rotatable bonds is 6. The Kier molecular flexibility index (Phi) is 4.92. The summed E-state index contributed by atoms with van der Waals surface area (Å²) >= 11 is 1.25. The van der Waals surface area contributed by atoms with Gasteiger partial charge in [0.05, 0.1) is 25.8 Å². The van der Waals surface area contributed by atoms with Crippen molar-refractivity contribution in [3.05, 3.63) is 11.1 Å². The molecule has 0 aliphatic heterocycles. The standard InChI is InChI=1S/C19H25N3O4S/c1-26-16(24)5-14-10-27-18(21-14)22-15(23)9-20-17(25)19-6-11-2-12(7-19)4-13(3-11)8-19/h10-13H,2-9H2,1H3,(H,20,25)(H,21,22,23). The molecule has 4 fully saturated rings. The van der Waals surface area contributed by atoms with E-state index in [0.29, 0.717) is 28.6 Å². The van der Waals surface area contributed by atoms with Crippen LogP contribution >= 0.6 is 11.3 Å². The zero-order chi connectivity index (χ0) is 19.0. The number of thiazole rings is 1. The molecule has 4 saturated carbocycles. The van der Waals surface area contributed by atoms with Crippen LogP contribution in [0.3, 0.4) is 0 Å². The topological polar surface area (TPSA) is 97.4 Å². The summed E-state index contributed by atoms with van der Waals surface area (Å²) in [6.07, 6.45) is 6.87. The van der Waals surface area contributed by atoms with Gasteiger partial charge in [-0.1, -0.05) is 0 Å². The molecular weight excluding hydrogens is 366 g/mol. The van der Waals surface area contributed by atoms with Crippen molar-refractivity contribution in [3.8, 4) is 0 Å². The molecule has 27 heavy (non-hydrogen) atoms. The molecule has 0 saturated heterocycles. The van der Waals surface area contributed by atoms with Crippen molar-refractivity contribution in [1.82, 2.24) is 10.3 Å². The molecule has 5 rings (SSSR count). The highest BCUT2D eigenvalue weighted by atomic mass is 32.1. The van der Waals surface area contributed by atoms with Crippen LogP contribution in [0, 0.1) is 23.2 Å². The fraction of sp³-hybridized carbons (Fsp3) is 0.684. The average Bonchev–Trinajstić information content (AvgIpc) is 3.05. The van der Waals surface area contributed by atoms with Crippen molar-refractivity contribution in [2.24, 2.45) is 23.2 Å². The van der Waals surface area contributed by atoms with Crippen molar-refractivity contribution in [3.63, 3.8) is 0 Å². The van der Waals surface area contributed by atoms with Crippen LogP contribution in [-0.4, -0.2) is 36.4 Å². The van der Waals surface area contributed by atoms with E-state index >= 15 is 0 Å². The molecule has 7 nitrogen and oxygen atoms in total. The van der Waals surface area contributed by atoms with Gasteiger partial charge in [0.15, 0.2) is 5.13 Å². The minimum atomic E-state index is -0.374. The van der Waals surface area contributed by atoms with E-state index in [1.54, 1.807) is 5.38 Å². The first-order valence-corrected chi connectivity index (χ1v) is 10.4. The molecule has 0 atom stereocenters. The summed E-state index contributed by atoms with van der Waals surface area (Å²) in [5, 5.41) is 7.67. The molecule has 0 aromatic carbocycles. The number of carbonyl (C=O) groups excluding carboxylic acids is 3. The van der Waals surface area contributed by atoms with Gasteiger partial charge in [-0.15, -0.1) is 11.3 Å². The third-order valence-electron chi connectivity index (χ3n) is 6.28. The van der Waals surface area contributed by atoms with Gasteiger partial charge in [-0.05, 0) is 56.3 Å². The lowest BCUT2D eigenvalue weighted by molar-refractivity contribution is -0.146. The first-order valence-electron chi connectivity index (χ1n) is 9.55. The Morgan fingerprint density at radius 2 is 1.81 bits per heavy atom. The molecule has 4 aliphatic rings. The molecule has 1 aromatic rings. The number of anilines is 1. The number of methoxy groups -OCH3 is 1. The lowest BCUT2D eigenvalue weighted by Gasteiger charge is -2.55. The Hall–Kier alpha value is -1.96. The van der Waals surface area contributed by atoms with E-state index < -0.39 is 0 Å². The summed E-state index contributed by atoms with van der Waals surface area (Å²) in [7, 11) is 1.32. The number of esters is 1. The first kappa shape index (κ1) is 18.4. The quantitative estimate of drug-likeness (QED) is 0.724. The molecule has 4 aliphatic carbocycles. The van der Waals surface area contributed by atoms with Crippen LogP contribution in [-0.2, 0) is 25.5 Å². The zero-order valence-corrected chi connectivity index (χ0v) is 16.3. The minimum Gasteiger partial charge on any atom is -0.469 e. The number of hydrogen-bond donors (Lipinski definition) is 2. The molecule has 2 N–H and O–H groups in total. The fourth-order valence-corrected chi connectivity index (χ4v) is 6.29. The van der Waals surface area contributed by atoms with Crippen molar-refractivity contribution in [1.29, 1.82) is 0 Å². The second kappa shape index (κ2) is 7.22. The van der Waals surface area contributed by atoms with Gasteiger partial charge < -0.3 is 15.4 Å². The van der Waals surface area contributed by atoms with E-state index in [4.69, 9.17) is 0 Å². The van der Waals surface area contributed by atoms with E-state index in [1.807, 2.05) is 0 Å². The van der Waals surface area contributed by atoms with Crippen LogP contribution in [0.4, 0.5) is 5.13 Å². The van der Waals surface area contributed by atoms with Crippen LogP contribution in [0.1, 0.15) is 44.2 Å². The summed E-state index contributed by atoms with van der Waals surface area (Å²) in [5.74, 6) is 1.45. The first-order chi connectivity index (χ1) is 13.0. The average molecular weight is 391 g/mol. The van der Waals surface area contributed by atoms with E-state index in [2.05, 4.69) is 20.4 Å². The fourth-order valence-electron chi connectivity index (χ4n) is 5.57. The third-order valence-corrected chi connectivity index (χ3v) is 7.09. The Labute approximate surface area is 162 Å². The maximum Gasteiger partial charge on any atom is 0.311 e. The van der Waals surface area contributed by atoms with Crippen LogP contribution in [0.15, 0.2) is 5.38 Å². The third kappa shape index (κ3) is 3.85. The molecule has 8 heteroatoms. The Morgan fingerprint density at radius 1 is 1.19 bits per heavy atom. The van der Waals surface area contributed by atoms with Gasteiger partial charge in [0, 0.05) is 10.8 Å². The van der Waals surface area contributed by atoms with Crippen molar-refractivity contribution >= 4 is 34.3 Å². The van der Waals surface area contributed by atoms with E-state index in [9.17, 15) is 14.4 Å². The van der Waals surface area contributed by atoms with Crippen molar-refractivity contribution < 1.29 is 19.1 Å². The lowest BCUT2D eigenvalue weighted by atomic mass is 9.49. The summed E-state index contributed by atoms with van der Waals surface area (Å²) in [6.45, 7) is -0.0491. The van der Waals surface area contributed by atoms with Gasteiger partial charge in [0.2, 0.25) is 11.8 Å². The molecule has 0 spiro atoms. The Morgan fingerprint density at radius 3 is 2.41 bits per heavy atom. The number of amides is 2. The number of hydrogen-bond acceptors (Lipinski definition) is 6. The summed E-state index contributed by atoms with van der Waals surface area (Å²) in [5.41, 5.74) is 0.309. The van der Waals surface area contributed by atoms with Gasteiger partial charge in [0.25, 0.3) is 0 Å². The molecular formula is C19H25N3O4S. The molecule has 146 valence electrons. The number of ether oxygens (including phenoxy) is 1. The predicted molar refractivity (Wildman–Crippen MR) is 100 cm³/mol.